The number of rotatable bonds is 5. The lowest BCUT2D eigenvalue weighted by atomic mass is 10.0. The van der Waals surface area contributed by atoms with E-state index in [1.807, 2.05) is 36.1 Å². The fourth-order valence-corrected chi connectivity index (χ4v) is 3.87. The first-order valence-corrected chi connectivity index (χ1v) is 9.05. The highest BCUT2D eigenvalue weighted by atomic mass is 32.1. The first-order valence-electron chi connectivity index (χ1n) is 8.17. The Balaban J connectivity index is 1.61. The Morgan fingerprint density at radius 3 is 2.56 bits per heavy atom. The van der Waals surface area contributed by atoms with Gasteiger partial charge in [0.25, 0.3) is 6.43 Å². The van der Waals surface area contributed by atoms with Crippen molar-refractivity contribution in [3.05, 3.63) is 45.9 Å². The lowest BCUT2D eigenvalue weighted by Gasteiger charge is -2.34. The Labute approximate surface area is 149 Å². The fraction of sp³-hybridized carbons (Fsp3) is 0.444. The summed E-state index contributed by atoms with van der Waals surface area (Å²) in [5.41, 5.74) is 2.29. The summed E-state index contributed by atoms with van der Waals surface area (Å²) < 4.78 is 32.1. The first-order chi connectivity index (χ1) is 12.1. The van der Waals surface area contributed by atoms with Crippen molar-refractivity contribution in [1.82, 2.24) is 9.88 Å². The van der Waals surface area contributed by atoms with Crippen molar-refractivity contribution in [2.24, 2.45) is 0 Å². The highest BCUT2D eigenvalue weighted by Gasteiger charge is 2.31. The number of hydrogen-bond donors (Lipinski definition) is 0. The Bertz CT molecular complexity index is 734. The van der Waals surface area contributed by atoms with Gasteiger partial charge >= 0.3 is 0 Å². The van der Waals surface area contributed by atoms with Gasteiger partial charge < -0.3 is 4.74 Å². The number of piperidine rings is 1. The van der Waals surface area contributed by atoms with E-state index >= 15 is 0 Å². The third-order valence-corrected chi connectivity index (χ3v) is 5.26. The number of aromatic nitrogens is 1. The number of alkyl halides is 2. The summed E-state index contributed by atoms with van der Waals surface area (Å²) >= 11 is 1.12. The second-order valence-corrected chi connectivity index (χ2v) is 6.99. The lowest BCUT2D eigenvalue weighted by Crippen LogP contribution is -2.40. The molecule has 1 aromatic carbocycles. The van der Waals surface area contributed by atoms with Crippen LogP contribution >= 0.6 is 11.3 Å². The second-order valence-electron chi connectivity index (χ2n) is 6.10. The number of halogens is 2. The quantitative estimate of drug-likeness (QED) is 0.785. The maximum atomic E-state index is 13.1. The van der Waals surface area contributed by atoms with E-state index in [1.54, 1.807) is 0 Å². The molecule has 0 amide bonds. The monoisotopic (exact) mass is 363 g/mol. The van der Waals surface area contributed by atoms with Gasteiger partial charge in [0.05, 0.1) is 16.5 Å². The van der Waals surface area contributed by atoms with Gasteiger partial charge in [-0.3, -0.25) is 4.90 Å². The molecule has 0 radical (unpaired) electrons. The number of hydrogen-bond acceptors (Lipinski definition) is 5. The van der Waals surface area contributed by atoms with Crippen LogP contribution in [0.25, 0.3) is 0 Å². The summed E-state index contributed by atoms with van der Waals surface area (Å²) in [6.07, 6.45) is -1.06. The molecule has 1 atom stereocenters. The van der Waals surface area contributed by atoms with E-state index in [0.29, 0.717) is 18.0 Å². The van der Waals surface area contributed by atoms with Crippen molar-refractivity contribution in [1.29, 1.82) is 5.26 Å². The fourth-order valence-electron chi connectivity index (χ4n) is 3.00. The molecule has 0 aliphatic carbocycles. The number of aryl methyl sites for hydroxylation is 1. The van der Waals surface area contributed by atoms with Crippen LogP contribution in [0.15, 0.2) is 29.8 Å². The molecule has 4 nitrogen and oxygen atoms in total. The van der Waals surface area contributed by atoms with Crippen LogP contribution in [-0.4, -0.2) is 29.1 Å². The van der Waals surface area contributed by atoms with Crippen LogP contribution in [0.2, 0.25) is 0 Å². The zero-order chi connectivity index (χ0) is 17.8. The van der Waals surface area contributed by atoms with Crippen molar-refractivity contribution in [2.75, 3.05) is 13.1 Å². The first kappa shape index (κ1) is 17.8. The number of thiazole rings is 1. The number of benzene rings is 1. The normalized spacial score (nSPS) is 17.4. The molecular formula is C18H19F2N3OS. The van der Waals surface area contributed by atoms with E-state index in [9.17, 15) is 14.0 Å². The molecule has 132 valence electrons. The average molecular weight is 363 g/mol. The Morgan fingerprint density at radius 2 is 1.96 bits per heavy atom. The number of nitriles is 1. The smallest absolute Gasteiger partial charge is 0.281 e. The van der Waals surface area contributed by atoms with Crippen LogP contribution in [0.5, 0.6) is 5.75 Å². The molecule has 2 heterocycles. The van der Waals surface area contributed by atoms with Gasteiger partial charge in [0.2, 0.25) is 0 Å². The maximum absolute atomic E-state index is 13.1. The maximum Gasteiger partial charge on any atom is 0.281 e. The van der Waals surface area contributed by atoms with Crippen molar-refractivity contribution in [3.63, 3.8) is 0 Å². The minimum Gasteiger partial charge on any atom is -0.490 e. The largest absolute Gasteiger partial charge is 0.490 e. The van der Waals surface area contributed by atoms with Gasteiger partial charge in [-0.25, -0.2) is 13.8 Å². The summed E-state index contributed by atoms with van der Waals surface area (Å²) in [4.78, 5) is 6.02. The standard InChI is InChI=1S/C18H19F2N3OS/c1-12-2-4-13(5-3-12)24-14-6-8-23(9-7-14)15(10-21)17-16(18(19)20)22-11-25-17/h2-5,11,14-15,18H,6-9H2,1H3. The predicted molar refractivity (Wildman–Crippen MR) is 91.8 cm³/mol. The van der Waals surface area contributed by atoms with Crippen molar-refractivity contribution >= 4 is 11.3 Å². The minimum atomic E-state index is -2.65. The Kier molecular flexibility index (Phi) is 5.61. The zero-order valence-electron chi connectivity index (χ0n) is 13.9. The van der Waals surface area contributed by atoms with E-state index < -0.39 is 12.5 Å². The summed E-state index contributed by atoms with van der Waals surface area (Å²) in [6.45, 7) is 3.29. The average Bonchev–Trinajstić information content (AvgIpc) is 3.09. The van der Waals surface area contributed by atoms with Gasteiger partial charge in [-0.2, -0.15) is 5.26 Å². The topological polar surface area (TPSA) is 49.1 Å². The summed E-state index contributed by atoms with van der Waals surface area (Å²) in [7, 11) is 0. The van der Waals surface area contributed by atoms with Crippen LogP contribution in [0.3, 0.4) is 0 Å². The third-order valence-electron chi connectivity index (χ3n) is 4.37. The molecule has 1 aromatic heterocycles. The SMILES string of the molecule is Cc1ccc(OC2CCN(C(C#N)c3scnc3C(F)F)CC2)cc1. The summed E-state index contributed by atoms with van der Waals surface area (Å²) in [5, 5.41) is 9.49. The molecule has 7 heteroatoms. The van der Waals surface area contributed by atoms with Gasteiger partial charge in [0.15, 0.2) is 0 Å². The highest BCUT2D eigenvalue weighted by Crippen LogP contribution is 2.34. The van der Waals surface area contributed by atoms with Crippen LogP contribution in [-0.2, 0) is 0 Å². The Hall–Kier alpha value is -2.04. The molecule has 1 saturated heterocycles. The molecule has 1 aliphatic heterocycles. The lowest BCUT2D eigenvalue weighted by molar-refractivity contribution is 0.0866. The predicted octanol–water partition coefficient (Wildman–Crippen LogP) is 4.50. The van der Waals surface area contributed by atoms with Gasteiger partial charge in [-0.1, -0.05) is 17.7 Å². The van der Waals surface area contributed by atoms with E-state index in [0.717, 1.165) is 29.9 Å². The molecular weight excluding hydrogens is 344 g/mol. The Morgan fingerprint density at radius 1 is 1.28 bits per heavy atom. The molecule has 0 spiro atoms. The summed E-state index contributed by atoms with van der Waals surface area (Å²) in [5.74, 6) is 0.836. The molecule has 25 heavy (non-hydrogen) atoms. The third kappa shape index (κ3) is 4.14. The molecule has 0 N–H and O–H groups in total. The molecule has 1 aliphatic rings. The molecule has 0 bridgehead atoms. The van der Waals surface area contributed by atoms with Gasteiger partial charge in [0, 0.05) is 13.1 Å². The number of likely N-dealkylation sites (tertiary alicyclic amines) is 1. The number of ether oxygens (including phenoxy) is 1. The number of nitrogens with zero attached hydrogens (tertiary/aromatic N) is 3. The van der Waals surface area contributed by atoms with E-state index in [4.69, 9.17) is 4.74 Å². The molecule has 2 aromatic rings. The molecule has 3 rings (SSSR count). The van der Waals surface area contributed by atoms with Gasteiger partial charge in [0.1, 0.15) is 23.6 Å². The van der Waals surface area contributed by atoms with Crippen molar-refractivity contribution in [2.45, 2.75) is 38.3 Å². The molecule has 1 unspecified atom stereocenters. The second kappa shape index (κ2) is 7.89. The van der Waals surface area contributed by atoms with Crippen LogP contribution in [0, 0.1) is 18.3 Å². The van der Waals surface area contributed by atoms with Crippen LogP contribution < -0.4 is 4.74 Å². The van der Waals surface area contributed by atoms with Crippen molar-refractivity contribution in [3.8, 4) is 11.8 Å². The zero-order valence-corrected chi connectivity index (χ0v) is 14.7. The van der Waals surface area contributed by atoms with Crippen molar-refractivity contribution < 1.29 is 13.5 Å². The van der Waals surface area contributed by atoms with Crippen LogP contribution in [0.4, 0.5) is 8.78 Å². The molecule has 1 fully saturated rings. The van der Waals surface area contributed by atoms with E-state index in [-0.39, 0.29) is 11.8 Å². The molecule has 0 saturated carbocycles. The highest BCUT2D eigenvalue weighted by molar-refractivity contribution is 7.09. The minimum absolute atomic E-state index is 0.0781. The van der Waals surface area contributed by atoms with E-state index in [1.165, 1.54) is 11.1 Å². The van der Waals surface area contributed by atoms with Gasteiger partial charge in [-0.15, -0.1) is 11.3 Å². The summed E-state index contributed by atoms with van der Waals surface area (Å²) in [6, 6.07) is 9.41. The van der Waals surface area contributed by atoms with Gasteiger partial charge in [-0.05, 0) is 31.9 Å². The van der Waals surface area contributed by atoms with E-state index in [2.05, 4.69) is 11.1 Å². The van der Waals surface area contributed by atoms with Crippen LogP contribution in [0.1, 0.15) is 41.4 Å².